The summed E-state index contributed by atoms with van der Waals surface area (Å²) in [6.07, 6.45) is 1.05. The van der Waals surface area contributed by atoms with Crippen LogP contribution in [0, 0.1) is 5.82 Å². The van der Waals surface area contributed by atoms with Gasteiger partial charge in [-0.05, 0) is 33.5 Å². The fourth-order valence-corrected chi connectivity index (χ4v) is 2.16. The Balaban J connectivity index is 2.81. The smallest absolute Gasteiger partial charge is 0.127 e. The number of halogens is 1. The first kappa shape index (κ1) is 14.1. The highest BCUT2D eigenvalue weighted by atomic mass is 19.1. The molecule has 0 aliphatic rings. The Morgan fingerprint density at radius 3 is 2.53 bits per heavy atom. The Hall–Kier alpha value is -0.930. The maximum Gasteiger partial charge on any atom is 0.127 e. The van der Waals surface area contributed by atoms with Crippen molar-refractivity contribution in [2.24, 2.45) is 0 Å². The second-order valence-corrected chi connectivity index (χ2v) is 4.48. The Labute approximate surface area is 104 Å². The van der Waals surface area contributed by atoms with E-state index >= 15 is 0 Å². The Morgan fingerprint density at radius 1 is 1.35 bits per heavy atom. The van der Waals surface area contributed by atoms with Crippen molar-refractivity contribution in [3.8, 4) is 0 Å². The average Bonchev–Trinajstić information content (AvgIpc) is 2.35. The van der Waals surface area contributed by atoms with Crippen LogP contribution in [0.4, 0.5) is 4.39 Å². The molecule has 0 spiro atoms. The minimum Gasteiger partial charge on any atom is -0.318 e. The highest BCUT2D eigenvalue weighted by Crippen LogP contribution is 2.23. The van der Waals surface area contributed by atoms with E-state index in [9.17, 15) is 4.39 Å². The summed E-state index contributed by atoms with van der Waals surface area (Å²) < 4.78 is 13.7. The van der Waals surface area contributed by atoms with Gasteiger partial charge in [-0.2, -0.15) is 0 Å². The second kappa shape index (κ2) is 6.72. The molecular weight excluding hydrogens is 215 g/mol. The fraction of sp³-hybridized carbons (Fsp3) is 0.571. The minimum atomic E-state index is -0.119. The van der Waals surface area contributed by atoms with Crippen LogP contribution in [0.25, 0.3) is 0 Å². The zero-order chi connectivity index (χ0) is 12.8. The lowest BCUT2D eigenvalue weighted by Crippen LogP contribution is -2.40. The van der Waals surface area contributed by atoms with Gasteiger partial charge in [-0.1, -0.05) is 25.1 Å². The maximum absolute atomic E-state index is 13.7. The third-order valence-corrected chi connectivity index (χ3v) is 3.45. The van der Waals surface area contributed by atoms with Crippen molar-refractivity contribution in [2.75, 3.05) is 20.6 Å². The van der Waals surface area contributed by atoms with Gasteiger partial charge in [0.2, 0.25) is 0 Å². The van der Waals surface area contributed by atoms with Crippen LogP contribution in [0.3, 0.4) is 0 Å². The molecule has 2 nitrogen and oxygen atoms in total. The summed E-state index contributed by atoms with van der Waals surface area (Å²) in [6.45, 7) is 5.13. The molecular formula is C14H23FN2. The first-order valence-corrected chi connectivity index (χ1v) is 6.22. The molecule has 2 atom stereocenters. The zero-order valence-corrected chi connectivity index (χ0v) is 11.2. The van der Waals surface area contributed by atoms with Gasteiger partial charge in [0.1, 0.15) is 5.82 Å². The standard InChI is InChI=1S/C14H23FN2/c1-5-12(10-16-3)17(4)11(2)13-8-6-7-9-14(13)15/h6-9,11-12,16H,5,10H2,1-4H3. The van der Waals surface area contributed by atoms with Gasteiger partial charge in [-0.15, -0.1) is 0 Å². The number of benzene rings is 1. The lowest BCUT2D eigenvalue weighted by atomic mass is 10.0. The number of likely N-dealkylation sites (N-methyl/N-ethyl adjacent to an activating group) is 2. The van der Waals surface area contributed by atoms with E-state index in [0.29, 0.717) is 6.04 Å². The number of nitrogens with zero attached hydrogens (tertiary/aromatic N) is 1. The van der Waals surface area contributed by atoms with Crippen LogP contribution in [0.5, 0.6) is 0 Å². The predicted octanol–water partition coefficient (Wildman–Crippen LogP) is 2.82. The topological polar surface area (TPSA) is 15.3 Å². The Bertz CT molecular complexity index is 341. The molecule has 3 heteroatoms. The van der Waals surface area contributed by atoms with E-state index in [1.165, 1.54) is 6.07 Å². The molecule has 0 aromatic heterocycles. The molecule has 0 bridgehead atoms. The van der Waals surface area contributed by atoms with Gasteiger partial charge >= 0.3 is 0 Å². The number of nitrogens with one attached hydrogen (secondary N) is 1. The van der Waals surface area contributed by atoms with Crippen LogP contribution >= 0.6 is 0 Å². The predicted molar refractivity (Wildman–Crippen MR) is 70.6 cm³/mol. The highest BCUT2D eigenvalue weighted by molar-refractivity contribution is 5.20. The number of hydrogen-bond donors (Lipinski definition) is 1. The lowest BCUT2D eigenvalue weighted by Gasteiger charge is -2.33. The largest absolute Gasteiger partial charge is 0.318 e. The third kappa shape index (κ3) is 3.51. The maximum atomic E-state index is 13.7. The molecule has 0 saturated heterocycles. The summed E-state index contributed by atoms with van der Waals surface area (Å²) in [7, 11) is 4.01. The van der Waals surface area contributed by atoms with Crippen molar-refractivity contribution in [1.82, 2.24) is 10.2 Å². The quantitative estimate of drug-likeness (QED) is 0.820. The zero-order valence-electron chi connectivity index (χ0n) is 11.2. The molecule has 1 rings (SSSR count). The molecule has 96 valence electrons. The van der Waals surface area contributed by atoms with Crippen molar-refractivity contribution < 1.29 is 4.39 Å². The molecule has 0 saturated carbocycles. The average molecular weight is 238 g/mol. The first-order valence-electron chi connectivity index (χ1n) is 6.22. The van der Waals surface area contributed by atoms with Gasteiger partial charge in [-0.25, -0.2) is 4.39 Å². The summed E-state index contributed by atoms with van der Waals surface area (Å²) in [5.74, 6) is -0.119. The number of hydrogen-bond acceptors (Lipinski definition) is 2. The molecule has 1 aromatic rings. The van der Waals surface area contributed by atoms with E-state index in [4.69, 9.17) is 0 Å². The van der Waals surface area contributed by atoms with Gasteiger partial charge in [0.05, 0.1) is 0 Å². The van der Waals surface area contributed by atoms with Gasteiger partial charge in [0.25, 0.3) is 0 Å². The SMILES string of the molecule is CCC(CNC)N(C)C(C)c1ccccc1F. The van der Waals surface area contributed by atoms with Crippen LogP contribution in [0.15, 0.2) is 24.3 Å². The Kier molecular flexibility index (Phi) is 5.59. The summed E-state index contributed by atoms with van der Waals surface area (Å²) in [6, 6.07) is 7.53. The molecule has 0 aliphatic carbocycles. The van der Waals surface area contributed by atoms with Crippen molar-refractivity contribution >= 4 is 0 Å². The van der Waals surface area contributed by atoms with Crippen molar-refractivity contribution in [2.45, 2.75) is 32.4 Å². The summed E-state index contributed by atoms with van der Waals surface area (Å²) in [4.78, 5) is 2.23. The summed E-state index contributed by atoms with van der Waals surface area (Å²) in [5.41, 5.74) is 0.768. The Morgan fingerprint density at radius 2 is 2.00 bits per heavy atom. The molecule has 0 fully saturated rings. The molecule has 17 heavy (non-hydrogen) atoms. The molecule has 0 heterocycles. The van der Waals surface area contributed by atoms with Crippen LogP contribution in [-0.4, -0.2) is 31.6 Å². The van der Waals surface area contributed by atoms with Crippen molar-refractivity contribution in [3.05, 3.63) is 35.6 Å². The normalized spacial score (nSPS) is 14.9. The fourth-order valence-electron chi connectivity index (χ4n) is 2.16. The van der Waals surface area contributed by atoms with E-state index in [0.717, 1.165) is 18.5 Å². The molecule has 2 unspecified atom stereocenters. The van der Waals surface area contributed by atoms with E-state index in [2.05, 4.69) is 31.1 Å². The van der Waals surface area contributed by atoms with Crippen LogP contribution in [-0.2, 0) is 0 Å². The lowest BCUT2D eigenvalue weighted by molar-refractivity contribution is 0.175. The van der Waals surface area contributed by atoms with E-state index in [-0.39, 0.29) is 11.9 Å². The van der Waals surface area contributed by atoms with Crippen molar-refractivity contribution in [1.29, 1.82) is 0 Å². The van der Waals surface area contributed by atoms with Gasteiger partial charge in [-0.3, -0.25) is 4.90 Å². The van der Waals surface area contributed by atoms with Crippen LogP contribution in [0.1, 0.15) is 31.9 Å². The monoisotopic (exact) mass is 238 g/mol. The van der Waals surface area contributed by atoms with E-state index < -0.39 is 0 Å². The van der Waals surface area contributed by atoms with Gasteiger partial charge < -0.3 is 5.32 Å². The minimum absolute atomic E-state index is 0.0921. The molecule has 0 radical (unpaired) electrons. The van der Waals surface area contributed by atoms with Crippen molar-refractivity contribution in [3.63, 3.8) is 0 Å². The van der Waals surface area contributed by atoms with E-state index in [1.807, 2.05) is 19.2 Å². The second-order valence-electron chi connectivity index (χ2n) is 4.48. The van der Waals surface area contributed by atoms with Crippen LogP contribution in [0.2, 0.25) is 0 Å². The molecule has 1 aromatic carbocycles. The number of rotatable bonds is 6. The van der Waals surface area contributed by atoms with Crippen LogP contribution < -0.4 is 5.32 Å². The highest BCUT2D eigenvalue weighted by Gasteiger charge is 2.20. The first-order chi connectivity index (χ1) is 8.11. The molecule has 0 amide bonds. The molecule has 1 N–H and O–H groups in total. The summed E-state index contributed by atoms with van der Waals surface area (Å²) in [5, 5.41) is 3.19. The van der Waals surface area contributed by atoms with E-state index in [1.54, 1.807) is 6.07 Å². The van der Waals surface area contributed by atoms with Gasteiger partial charge in [0, 0.05) is 24.2 Å². The molecule has 0 aliphatic heterocycles. The van der Waals surface area contributed by atoms with Gasteiger partial charge in [0.15, 0.2) is 0 Å². The third-order valence-electron chi connectivity index (χ3n) is 3.45. The summed E-state index contributed by atoms with van der Waals surface area (Å²) >= 11 is 0.